The Morgan fingerprint density at radius 2 is 1.74 bits per heavy atom. The zero-order valence-electron chi connectivity index (χ0n) is 14.2. The molecule has 134 valence electrons. The van der Waals surface area contributed by atoms with E-state index in [0.717, 1.165) is 5.56 Å². The number of carbonyl (C=O) groups is 1. The highest BCUT2D eigenvalue weighted by atomic mass is 16.4. The minimum absolute atomic E-state index is 0.0378. The standard InChI is InChI=1S/C20H15N3O4/c24-18(15-12-14-8-4-5-9-16(14)26-20(15)25)21-11-10-17-22-23-19(27-17)13-6-2-1-3-7-13/h1-9,12H,10-11H2,(H,21,24). The second-order valence-corrected chi connectivity index (χ2v) is 5.86. The normalized spacial score (nSPS) is 10.8. The molecule has 2 aromatic heterocycles. The third-order valence-electron chi connectivity index (χ3n) is 4.00. The van der Waals surface area contributed by atoms with Gasteiger partial charge < -0.3 is 14.2 Å². The van der Waals surface area contributed by atoms with Gasteiger partial charge in [0.15, 0.2) is 0 Å². The van der Waals surface area contributed by atoms with Crippen LogP contribution in [-0.4, -0.2) is 22.6 Å². The van der Waals surface area contributed by atoms with Crippen LogP contribution in [0, 0.1) is 0 Å². The fourth-order valence-corrected chi connectivity index (χ4v) is 2.65. The zero-order chi connectivity index (χ0) is 18.6. The van der Waals surface area contributed by atoms with Gasteiger partial charge in [-0.2, -0.15) is 0 Å². The van der Waals surface area contributed by atoms with Crippen LogP contribution < -0.4 is 10.9 Å². The summed E-state index contributed by atoms with van der Waals surface area (Å²) in [5.74, 6) is 0.323. The Balaban J connectivity index is 1.41. The van der Waals surface area contributed by atoms with E-state index in [1.54, 1.807) is 18.2 Å². The molecule has 0 bridgehead atoms. The van der Waals surface area contributed by atoms with Crippen LogP contribution in [0.1, 0.15) is 16.2 Å². The first-order valence-corrected chi connectivity index (χ1v) is 8.39. The molecule has 1 N–H and O–H groups in total. The SMILES string of the molecule is O=C(NCCc1nnc(-c2ccccc2)o1)c1cc2ccccc2oc1=O. The van der Waals surface area contributed by atoms with Crippen LogP contribution in [0.25, 0.3) is 22.4 Å². The van der Waals surface area contributed by atoms with Crippen LogP contribution >= 0.6 is 0 Å². The highest BCUT2D eigenvalue weighted by Gasteiger charge is 2.14. The molecule has 0 spiro atoms. The van der Waals surface area contributed by atoms with Gasteiger partial charge >= 0.3 is 5.63 Å². The van der Waals surface area contributed by atoms with E-state index < -0.39 is 11.5 Å². The van der Waals surface area contributed by atoms with Crippen molar-refractivity contribution >= 4 is 16.9 Å². The van der Waals surface area contributed by atoms with Gasteiger partial charge in [-0.3, -0.25) is 4.79 Å². The lowest BCUT2D eigenvalue weighted by Gasteiger charge is -2.03. The Kier molecular flexibility index (Phi) is 4.49. The second kappa shape index (κ2) is 7.25. The highest BCUT2D eigenvalue weighted by Crippen LogP contribution is 2.17. The molecule has 0 aliphatic heterocycles. The monoisotopic (exact) mass is 361 g/mol. The number of nitrogens with one attached hydrogen (secondary N) is 1. The summed E-state index contributed by atoms with van der Waals surface area (Å²) in [5, 5.41) is 11.3. The largest absolute Gasteiger partial charge is 0.422 e. The first-order chi connectivity index (χ1) is 13.2. The predicted molar refractivity (Wildman–Crippen MR) is 98.3 cm³/mol. The molecular formula is C20H15N3O4. The van der Waals surface area contributed by atoms with Gasteiger partial charge in [0.05, 0.1) is 0 Å². The summed E-state index contributed by atoms with van der Waals surface area (Å²) in [6.45, 7) is 0.252. The number of benzene rings is 2. The average molecular weight is 361 g/mol. The fourth-order valence-electron chi connectivity index (χ4n) is 2.65. The number of hydrogen-bond acceptors (Lipinski definition) is 6. The molecule has 27 heavy (non-hydrogen) atoms. The summed E-state index contributed by atoms with van der Waals surface area (Å²) in [6.07, 6.45) is 0.352. The molecule has 0 fully saturated rings. The molecule has 0 atom stereocenters. The van der Waals surface area contributed by atoms with E-state index in [0.29, 0.717) is 29.2 Å². The Hall–Kier alpha value is -3.74. The fraction of sp³-hybridized carbons (Fsp3) is 0.100. The predicted octanol–water partition coefficient (Wildman–Crippen LogP) is 2.82. The minimum Gasteiger partial charge on any atom is -0.422 e. The van der Waals surface area contributed by atoms with Crippen molar-refractivity contribution < 1.29 is 13.6 Å². The maximum Gasteiger partial charge on any atom is 0.349 e. The summed E-state index contributed by atoms with van der Waals surface area (Å²) in [5.41, 5.74) is 0.562. The Bertz CT molecular complexity index is 1150. The number of aromatic nitrogens is 2. The lowest BCUT2D eigenvalue weighted by Crippen LogP contribution is -2.29. The van der Waals surface area contributed by atoms with Crippen LogP contribution in [0.5, 0.6) is 0 Å². The number of fused-ring (bicyclic) bond motifs is 1. The third kappa shape index (κ3) is 3.62. The molecule has 0 radical (unpaired) electrons. The topological polar surface area (TPSA) is 98.2 Å². The van der Waals surface area contributed by atoms with Crippen molar-refractivity contribution in [1.82, 2.24) is 15.5 Å². The molecule has 0 saturated carbocycles. The Morgan fingerprint density at radius 3 is 2.59 bits per heavy atom. The highest BCUT2D eigenvalue weighted by molar-refractivity contribution is 5.96. The molecular weight excluding hydrogens is 346 g/mol. The Labute approximate surface area is 153 Å². The molecule has 1 amide bonds. The quantitative estimate of drug-likeness (QED) is 0.549. The molecule has 0 aliphatic carbocycles. The minimum atomic E-state index is -0.671. The number of para-hydroxylation sites is 1. The van der Waals surface area contributed by atoms with Crippen molar-refractivity contribution in [1.29, 1.82) is 0 Å². The van der Waals surface area contributed by atoms with E-state index in [9.17, 15) is 9.59 Å². The summed E-state index contributed by atoms with van der Waals surface area (Å²) < 4.78 is 10.8. The molecule has 0 unspecified atom stereocenters. The maximum absolute atomic E-state index is 12.3. The third-order valence-corrected chi connectivity index (χ3v) is 4.00. The summed E-state index contributed by atoms with van der Waals surface area (Å²) in [7, 11) is 0. The summed E-state index contributed by atoms with van der Waals surface area (Å²) in [6, 6.07) is 18.0. The molecule has 7 heteroatoms. The molecule has 4 aromatic rings. The van der Waals surface area contributed by atoms with Gasteiger partial charge in [0.2, 0.25) is 11.8 Å². The molecule has 2 heterocycles. The van der Waals surface area contributed by atoms with Gasteiger partial charge in [0, 0.05) is 23.9 Å². The number of rotatable bonds is 5. The average Bonchev–Trinajstić information content (AvgIpc) is 3.17. The number of amides is 1. The lowest BCUT2D eigenvalue weighted by atomic mass is 10.2. The summed E-state index contributed by atoms with van der Waals surface area (Å²) in [4.78, 5) is 24.3. The van der Waals surface area contributed by atoms with Crippen molar-refractivity contribution in [3.8, 4) is 11.5 Å². The molecule has 2 aromatic carbocycles. The second-order valence-electron chi connectivity index (χ2n) is 5.86. The van der Waals surface area contributed by atoms with E-state index >= 15 is 0 Å². The van der Waals surface area contributed by atoms with Crippen LogP contribution in [0.2, 0.25) is 0 Å². The maximum atomic E-state index is 12.3. The lowest BCUT2D eigenvalue weighted by molar-refractivity contribution is 0.0950. The van der Waals surface area contributed by atoms with E-state index in [1.807, 2.05) is 36.4 Å². The first kappa shape index (κ1) is 16.7. The Morgan fingerprint density at radius 1 is 0.963 bits per heavy atom. The van der Waals surface area contributed by atoms with Crippen LogP contribution in [0.3, 0.4) is 0 Å². The van der Waals surface area contributed by atoms with Gasteiger partial charge in [-0.25, -0.2) is 4.79 Å². The van der Waals surface area contributed by atoms with Crippen LogP contribution in [0.15, 0.2) is 74.3 Å². The van der Waals surface area contributed by atoms with Gasteiger partial charge in [-0.15, -0.1) is 10.2 Å². The van der Waals surface area contributed by atoms with Gasteiger partial charge in [0.1, 0.15) is 11.1 Å². The van der Waals surface area contributed by atoms with Gasteiger partial charge in [-0.05, 0) is 24.3 Å². The molecule has 0 aliphatic rings. The van der Waals surface area contributed by atoms with Crippen molar-refractivity contribution in [3.05, 3.63) is 82.5 Å². The van der Waals surface area contributed by atoms with Crippen molar-refractivity contribution in [2.24, 2.45) is 0 Å². The first-order valence-electron chi connectivity index (χ1n) is 8.39. The number of hydrogen-bond donors (Lipinski definition) is 1. The smallest absolute Gasteiger partial charge is 0.349 e. The molecule has 4 rings (SSSR count). The van der Waals surface area contributed by atoms with E-state index in [2.05, 4.69) is 15.5 Å². The number of carbonyl (C=O) groups excluding carboxylic acids is 1. The van der Waals surface area contributed by atoms with Gasteiger partial charge in [0.25, 0.3) is 5.91 Å². The van der Waals surface area contributed by atoms with Crippen molar-refractivity contribution in [2.75, 3.05) is 6.54 Å². The van der Waals surface area contributed by atoms with Crippen LogP contribution in [-0.2, 0) is 6.42 Å². The van der Waals surface area contributed by atoms with E-state index in [4.69, 9.17) is 8.83 Å². The molecule has 7 nitrogen and oxygen atoms in total. The van der Waals surface area contributed by atoms with Crippen LogP contribution in [0.4, 0.5) is 0 Å². The van der Waals surface area contributed by atoms with E-state index in [1.165, 1.54) is 6.07 Å². The van der Waals surface area contributed by atoms with Gasteiger partial charge in [-0.1, -0.05) is 36.4 Å². The van der Waals surface area contributed by atoms with Crippen molar-refractivity contribution in [3.63, 3.8) is 0 Å². The summed E-state index contributed by atoms with van der Waals surface area (Å²) >= 11 is 0. The zero-order valence-corrected chi connectivity index (χ0v) is 14.2. The molecule has 0 saturated heterocycles. The number of nitrogens with zero attached hydrogens (tertiary/aromatic N) is 2. The van der Waals surface area contributed by atoms with Crippen molar-refractivity contribution in [2.45, 2.75) is 6.42 Å². The van der Waals surface area contributed by atoms with E-state index in [-0.39, 0.29) is 12.1 Å².